The van der Waals surface area contributed by atoms with Crippen molar-refractivity contribution in [1.82, 2.24) is 9.55 Å². The van der Waals surface area contributed by atoms with Gasteiger partial charge in [0.25, 0.3) is 5.56 Å². The van der Waals surface area contributed by atoms with Crippen LogP contribution in [0.5, 0.6) is 0 Å². The van der Waals surface area contributed by atoms with Gasteiger partial charge in [-0.1, -0.05) is 18.5 Å². The maximum absolute atomic E-state index is 12.5. The fourth-order valence-corrected chi connectivity index (χ4v) is 3.56. The molecule has 0 saturated heterocycles. The van der Waals surface area contributed by atoms with Crippen molar-refractivity contribution in [2.24, 2.45) is 0 Å². The molecule has 5 nitrogen and oxygen atoms in total. The largest absolute Gasteiger partial charge is 0.324 e. The minimum atomic E-state index is -0.283. The number of carbonyl (C=O) groups excluding carboxylic acids is 1. The Morgan fingerprint density at radius 2 is 2.17 bits per heavy atom. The summed E-state index contributed by atoms with van der Waals surface area (Å²) in [4.78, 5) is 30.8. The first-order valence-corrected chi connectivity index (χ1v) is 8.71. The Hall–Kier alpha value is -2.18. The number of aryl methyl sites for hydroxylation is 2. The number of benzene rings is 1. The minimum absolute atomic E-state index is 0.0822. The molecule has 0 aliphatic carbocycles. The van der Waals surface area contributed by atoms with Crippen LogP contribution in [0.2, 0.25) is 5.02 Å². The fourth-order valence-electron chi connectivity index (χ4n) is 2.41. The van der Waals surface area contributed by atoms with Crippen molar-refractivity contribution < 1.29 is 4.79 Å². The Balaban J connectivity index is 1.82. The minimum Gasteiger partial charge on any atom is -0.324 e. The van der Waals surface area contributed by atoms with E-state index in [1.54, 1.807) is 18.2 Å². The van der Waals surface area contributed by atoms with Gasteiger partial charge in [0.05, 0.1) is 11.7 Å². The predicted octanol–water partition coefficient (Wildman–Crippen LogP) is 3.62. The number of rotatable bonds is 4. The third kappa shape index (κ3) is 3.34. The number of nitrogens with one attached hydrogen (secondary N) is 1. The number of fused-ring (bicyclic) bond motifs is 1. The highest BCUT2D eigenvalue weighted by atomic mass is 35.5. The third-order valence-electron chi connectivity index (χ3n) is 3.69. The van der Waals surface area contributed by atoms with Crippen LogP contribution < -0.4 is 10.9 Å². The van der Waals surface area contributed by atoms with Crippen molar-refractivity contribution in [3.8, 4) is 0 Å². The van der Waals surface area contributed by atoms with Crippen molar-refractivity contribution in [2.75, 3.05) is 5.32 Å². The zero-order valence-electron chi connectivity index (χ0n) is 13.3. The van der Waals surface area contributed by atoms with Gasteiger partial charge < -0.3 is 5.32 Å². The molecule has 124 valence electrons. The van der Waals surface area contributed by atoms with E-state index in [0.29, 0.717) is 20.9 Å². The Morgan fingerprint density at radius 1 is 1.38 bits per heavy atom. The van der Waals surface area contributed by atoms with E-state index in [-0.39, 0.29) is 18.0 Å². The highest BCUT2D eigenvalue weighted by Gasteiger charge is 2.11. The Bertz CT molecular complexity index is 978. The average molecular weight is 362 g/mol. The van der Waals surface area contributed by atoms with E-state index in [1.165, 1.54) is 22.2 Å². The summed E-state index contributed by atoms with van der Waals surface area (Å²) in [7, 11) is 0. The van der Waals surface area contributed by atoms with E-state index in [1.807, 2.05) is 19.9 Å². The van der Waals surface area contributed by atoms with Crippen LogP contribution in [0.3, 0.4) is 0 Å². The molecule has 0 fully saturated rings. The normalized spacial score (nSPS) is 11.0. The van der Waals surface area contributed by atoms with E-state index < -0.39 is 0 Å². The number of anilines is 1. The summed E-state index contributed by atoms with van der Waals surface area (Å²) in [6.07, 6.45) is 2.28. The molecule has 3 rings (SSSR count). The number of carbonyl (C=O) groups is 1. The molecule has 7 heteroatoms. The van der Waals surface area contributed by atoms with Crippen LogP contribution in [0, 0.1) is 6.92 Å². The Kier molecular flexibility index (Phi) is 4.69. The first-order chi connectivity index (χ1) is 11.5. The van der Waals surface area contributed by atoms with E-state index in [0.717, 1.165) is 16.9 Å². The van der Waals surface area contributed by atoms with Crippen LogP contribution in [-0.2, 0) is 17.8 Å². The number of hydrogen-bond donors (Lipinski definition) is 1. The van der Waals surface area contributed by atoms with Gasteiger partial charge in [-0.05, 0) is 43.2 Å². The van der Waals surface area contributed by atoms with Gasteiger partial charge in [0.15, 0.2) is 0 Å². The van der Waals surface area contributed by atoms with Gasteiger partial charge in [0.1, 0.15) is 11.4 Å². The maximum atomic E-state index is 12.5. The lowest BCUT2D eigenvalue weighted by Crippen LogP contribution is -2.27. The van der Waals surface area contributed by atoms with Crippen molar-refractivity contribution in [1.29, 1.82) is 0 Å². The van der Waals surface area contributed by atoms with Gasteiger partial charge in [-0.15, -0.1) is 11.3 Å². The van der Waals surface area contributed by atoms with Crippen LogP contribution in [-0.4, -0.2) is 15.5 Å². The molecule has 0 bridgehead atoms. The number of hydrogen-bond acceptors (Lipinski definition) is 4. The number of thiophene rings is 1. The summed E-state index contributed by atoms with van der Waals surface area (Å²) in [6.45, 7) is 3.81. The van der Waals surface area contributed by atoms with Crippen LogP contribution in [0.4, 0.5) is 5.69 Å². The quantitative estimate of drug-likeness (QED) is 0.771. The SMILES string of the molecule is CCc1cc2c(=O)n(CC(=O)Nc3ccc(Cl)cc3C)cnc2s1. The van der Waals surface area contributed by atoms with Gasteiger partial charge in [-0.2, -0.15) is 0 Å². The second-order valence-electron chi connectivity index (χ2n) is 5.47. The molecular weight excluding hydrogens is 346 g/mol. The average Bonchev–Trinajstić information content (AvgIpc) is 2.97. The summed E-state index contributed by atoms with van der Waals surface area (Å²) in [5.41, 5.74) is 1.34. The standard InChI is InChI=1S/C17H16ClN3O2S/c1-3-12-7-13-16(24-12)19-9-21(17(13)23)8-15(22)20-14-5-4-11(18)6-10(14)2/h4-7,9H,3,8H2,1-2H3,(H,20,22). The highest BCUT2D eigenvalue weighted by Crippen LogP contribution is 2.21. The smallest absolute Gasteiger partial charge is 0.262 e. The molecular formula is C17H16ClN3O2S. The molecule has 1 N–H and O–H groups in total. The van der Waals surface area contributed by atoms with E-state index in [4.69, 9.17) is 11.6 Å². The van der Waals surface area contributed by atoms with Crippen molar-refractivity contribution in [2.45, 2.75) is 26.8 Å². The topological polar surface area (TPSA) is 64.0 Å². The molecule has 1 aromatic carbocycles. The van der Waals surface area contributed by atoms with Gasteiger partial charge in [0, 0.05) is 15.6 Å². The molecule has 24 heavy (non-hydrogen) atoms. The van der Waals surface area contributed by atoms with Crippen LogP contribution in [0.25, 0.3) is 10.2 Å². The van der Waals surface area contributed by atoms with E-state index in [2.05, 4.69) is 10.3 Å². The summed E-state index contributed by atoms with van der Waals surface area (Å²) >= 11 is 7.42. The second kappa shape index (κ2) is 6.75. The molecule has 2 heterocycles. The Labute approximate surface area is 147 Å². The predicted molar refractivity (Wildman–Crippen MR) is 98.1 cm³/mol. The number of halogens is 1. The summed E-state index contributed by atoms with van der Waals surface area (Å²) < 4.78 is 1.33. The monoisotopic (exact) mass is 361 g/mol. The lowest BCUT2D eigenvalue weighted by atomic mass is 10.2. The summed E-state index contributed by atoms with van der Waals surface area (Å²) in [6, 6.07) is 7.08. The van der Waals surface area contributed by atoms with Crippen LogP contribution in [0.15, 0.2) is 35.4 Å². The molecule has 0 atom stereocenters. The molecule has 0 radical (unpaired) electrons. The van der Waals surface area contributed by atoms with Gasteiger partial charge in [0.2, 0.25) is 5.91 Å². The molecule has 2 aromatic heterocycles. The molecule has 1 amide bonds. The zero-order chi connectivity index (χ0) is 17.3. The summed E-state index contributed by atoms with van der Waals surface area (Å²) in [5.74, 6) is -0.283. The van der Waals surface area contributed by atoms with Gasteiger partial charge in [-0.3, -0.25) is 14.2 Å². The van der Waals surface area contributed by atoms with Crippen molar-refractivity contribution in [3.05, 3.63) is 56.4 Å². The number of nitrogens with zero attached hydrogens (tertiary/aromatic N) is 2. The van der Waals surface area contributed by atoms with E-state index >= 15 is 0 Å². The van der Waals surface area contributed by atoms with Crippen LogP contribution in [0.1, 0.15) is 17.4 Å². The lowest BCUT2D eigenvalue weighted by Gasteiger charge is -2.09. The summed E-state index contributed by atoms with van der Waals surface area (Å²) in [5, 5.41) is 3.97. The lowest BCUT2D eigenvalue weighted by molar-refractivity contribution is -0.116. The van der Waals surface area contributed by atoms with Gasteiger partial charge in [-0.25, -0.2) is 4.98 Å². The van der Waals surface area contributed by atoms with Crippen molar-refractivity contribution in [3.63, 3.8) is 0 Å². The number of amides is 1. The molecule has 0 aliphatic heterocycles. The molecule has 3 aromatic rings. The van der Waals surface area contributed by atoms with Crippen LogP contribution >= 0.6 is 22.9 Å². The third-order valence-corrected chi connectivity index (χ3v) is 5.12. The van der Waals surface area contributed by atoms with Gasteiger partial charge >= 0.3 is 0 Å². The first-order valence-electron chi connectivity index (χ1n) is 7.51. The Morgan fingerprint density at radius 3 is 2.88 bits per heavy atom. The second-order valence-corrected chi connectivity index (χ2v) is 7.02. The fraction of sp³-hybridized carbons (Fsp3) is 0.235. The maximum Gasteiger partial charge on any atom is 0.262 e. The molecule has 0 unspecified atom stereocenters. The van der Waals surface area contributed by atoms with E-state index in [9.17, 15) is 9.59 Å². The molecule has 0 spiro atoms. The molecule has 0 aliphatic rings. The number of aromatic nitrogens is 2. The van der Waals surface area contributed by atoms with Crippen molar-refractivity contribution >= 4 is 44.7 Å². The molecule has 0 saturated carbocycles. The first kappa shape index (κ1) is 16.7. The highest BCUT2D eigenvalue weighted by molar-refractivity contribution is 7.18. The zero-order valence-corrected chi connectivity index (χ0v) is 14.9.